The summed E-state index contributed by atoms with van der Waals surface area (Å²) in [4.78, 5) is 27.2. The molecule has 1 aromatic carbocycles. The zero-order valence-corrected chi connectivity index (χ0v) is 21.4. The highest BCUT2D eigenvalue weighted by atomic mass is 16.6. The third-order valence-corrected chi connectivity index (χ3v) is 6.44. The van der Waals surface area contributed by atoms with Gasteiger partial charge in [0.15, 0.2) is 0 Å². The highest BCUT2D eigenvalue weighted by Gasteiger charge is 2.23. The number of anilines is 3. The molecular formula is C27H34N6O2. The number of fused-ring (bicyclic) bond motifs is 1. The van der Waals surface area contributed by atoms with Gasteiger partial charge in [0.05, 0.1) is 10.6 Å². The molecule has 1 aliphatic heterocycles. The minimum Gasteiger partial charge on any atom is -0.356 e. The Hall–Kier alpha value is -3.55. The summed E-state index contributed by atoms with van der Waals surface area (Å²) in [5.74, 6) is 2.68. The van der Waals surface area contributed by atoms with Crippen LogP contribution >= 0.6 is 0 Å². The summed E-state index contributed by atoms with van der Waals surface area (Å²) in [5, 5.41) is 14.7. The first-order chi connectivity index (χ1) is 16.5. The van der Waals surface area contributed by atoms with Gasteiger partial charge in [0, 0.05) is 42.7 Å². The van der Waals surface area contributed by atoms with E-state index in [1.165, 1.54) is 11.8 Å². The van der Waals surface area contributed by atoms with E-state index in [0.717, 1.165) is 65.9 Å². The average Bonchev–Trinajstić information content (AvgIpc) is 3.01. The second kappa shape index (κ2) is 9.60. The molecule has 1 N–H and O–H groups in total. The molecule has 8 heteroatoms. The maximum Gasteiger partial charge on any atom is 0.287 e. The molecule has 35 heavy (non-hydrogen) atoms. The van der Waals surface area contributed by atoms with Crippen LogP contribution < -0.4 is 10.2 Å². The van der Waals surface area contributed by atoms with Gasteiger partial charge in [-0.05, 0) is 42.0 Å². The lowest BCUT2D eigenvalue weighted by atomic mass is 9.87. The van der Waals surface area contributed by atoms with Crippen molar-refractivity contribution in [3.63, 3.8) is 0 Å². The van der Waals surface area contributed by atoms with Crippen LogP contribution in [-0.4, -0.2) is 33.0 Å². The summed E-state index contributed by atoms with van der Waals surface area (Å²) < 4.78 is 0. The summed E-state index contributed by atoms with van der Waals surface area (Å²) in [7, 11) is 0. The summed E-state index contributed by atoms with van der Waals surface area (Å²) in [6.07, 6.45) is 2.85. The van der Waals surface area contributed by atoms with Gasteiger partial charge in [0.25, 0.3) is 5.69 Å². The third kappa shape index (κ3) is 5.42. The van der Waals surface area contributed by atoms with E-state index in [2.05, 4.69) is 74.1 Å². The Kier molecular flexibility index (Phi) is 6.74. The molecule has 0 unspecified atom stereocenters. The fourth-order valence-corrected chi connectivity index (χ4v) is 4.37. The standard InChI is InChI=1S/C27H34N6O2/c1-17(2)24-30-23-12-14-32(26-18(3)15-21(16-28-26)33(34)35)13-11-22(23)25(31-24)29-20-9-7-19(8-10-20)27(4,5)6/h7-10,15-17H,11-14H2,1-6H3,(H,29,30,31). The van der Waals surface area contributed by atoms with E-state index < -0.39 is 4.92 Å². The highest BCUT2D eigenvalue weighted by molar-refractivity contribution is 5.62. The van der Waals surface area contributed by atoms with Crippen LogP contribution in [0.4, 0.5) is 23.0 Å². The summed E-state index contributed by atoms with van der Waals surface area (Å²) >= 11 is 0. The van der Waals surface area contributed by atoms with Crippen molar-refractivity contribution < 1.29 is 4.92 Å². The van der Waals surface area contributed by atoms with Crippen LogP contribution in [0.15, 0.2) is 36.5 Å². The van der Waals surface area contributed by atoms with Crippen molar-refractivity contribution in [2.45, 2.75) is 65.7 Å². The summed E-state index contributed by atoms with van der Waals surface area (Å²) in [6.45, 7) is 14.2. The monoisotopic (exact) mass is 474 g/mol. The fraction of sp³-hybridized carbons (Fsp3) is 0.444. The van der Waals surface area contributed by atoms with Gasteiger partial charge in [-0.15, -0.1) is 0 Å². The Bertz CT molecular complexity index is 1230. The van der Waals surface area contributed by atoms with Crippen LogP contribution in [0.2, 0.25) is 0 Å². The second-order valence-corrected chi connectivity index (χ2v) is 10.5. The number of aryl methyl sites for hydroxylation is 1. The number of hydrogen-bond acceptors (Lipinski definition) is 7. The minimum atomic E-state index is -0.406. The molecule has 1 aliphatic rings. The highest BCUT2D eigenvalue weighted by Crippen LogP contribution is 2.30. The van der Waals surface area contributed by atoms with Crippen molar-refractivity contribution in [2.24, 2.45) is 0 Å². The van der Waals surface area contributed by atoms with E-state index in [4.69, 9.17) is 9.97 Å². The smallest absolute Gasteiger partial charge is 0.287 e. The van der Waals surface area contributed by atoms with Gasteiger partial charge < -0.3 is 10.2 Å². The van der Waals surface area contributed by atoms with Crippen LogP contribution in [0.5, 0.6) is 0 Å². The van der Waals surface area contributed by atoms with E-state index in [1.807, 2.05) is 6.92 Å². The maximum absolute atomic E-state index is 11.1. The van der Waals surface area contributed by atoms with Crippen molar-refractivity contribution in [2.75, 3.05) is 23.3 Å². The zero-order chi connectivity index (χ0) is 25.3. The zero-order valence-electron chi connectivity index (χ0n) is 21.4. The predicted molar refractivity (Wildman–Crippen MR) is 140 cm³/mol. The summed E-state index contributed by atoms with van der Waals surface area (Å²) in [5.41, 5.74) is 5.38. The van der Waals surface area contributed by atoms with Crippen LogP contribution in [-0.2, 0) is 18.3 Å². The first-order valence-electron chi connectivity index (χ1n) is 12.2. The molecule has 0 fully saturated rings. The number of hydrogen-bond donors (Lipinski definition) is 1. The average molecular weight is 475 g/mol. The SMILES string of the molecule is Cc1cc([N+](=O)[O-])cnc1N1CCc2nc(C(C)C)nc(Nc3ccc(C(C)(C)C)cc3)c2CC1. The molecule has 3 heterocycles. The number of aromatic nitrogens is 3. The number of nitrogens with zero attached hydrogens (tertiary/aromatic N) is 5. The second-order valence-electron chi connectivity index (χ2n) is 10.5. The molecule has 184 valence electrons. The Balaban J connectivity index is 1.63. The first kappa shape index (κ1) is 24.6. The molecule has 8 nitrogen and oxygen atoms in total. The van der Waals surface area contributed by atoms with E-state index in [1.54, 1.807) is 6.07 Å². The van der Waals surface area contributed by atoms with Gasteiger partial charge in [-0.3, -0.25) is 10.1 Å². The van der Waals surface area contributed by atoms with Gasteiger partial charge in [0.1, 0.15) is 23.7 Å². The molecule has 0 saturated carbocycles. The van der Waals surface area contributed by atoms with E-state index in [9.17, 15) is 10.1 Å². The molecule has 2 aromatic heterocycles. The van der Waals surface area contributed by atoms with Gasteiger partial charge in [-0.25, -0.2) is 15.0 Å². The number of nitro groups is 1. The molecule has 4 rings (SSSR count). The van der Waals surface area contributed by atoms with Crippen molar-refractivity contribution in [1.82, 2.24) is 15.0 Å². The fourth-order valence-electron chi connectivity index (χ4n) is 4.37. The first-order valence-corrected chi connectivity index (χ1v) is 12.2. The van der Waals surface area contributed by atoms with E-state index in [-0.39, 0.29) is 17.0 Å². The number of rotatable bonds is 5. The van der Waals surface area contributed by atoms with Crippen LogP contribution in [0.25, 0.3) is 0 Å². The lowest BCUT2D eigenvalue weighted by Gasteiger charge is -2.22. The van der Waals surface area contributed by atoms with E-state index >= 15 is 0 Å². The van der Waals surface area contributed by atoms with Gasteiger partial charge in [-0.2, -0.15) is 0 Å². The Labute approximate surface area is 207 Å². The third-order valence-electron chi connectivity index (χ3n) is 6.44. The molecule has 0 amide bonds. The van der Waals surface area contributed by atoms with Crippen molar-refractivity contribution in [1.29, 1.82) is 0 Å². The molecule has 0 bridgehead atoms. The van der Waals surface area contributed by atoms with Crippen molar-refractivity contribution in [3.05, 3.63) is 74.9 Å². The Morgan fingerprint density at radius 2 is 1.77 bits per heavy atom. The molecule has 0 atom stereocenters. The number of benzene rings is 1. The molecule has 0 aliphatic carbocycles. The minimum absolute atomic E-state index is 0.0146. The van der Waals surface area contributed by atoms with Crippen LogP contribution in [0, 0.1) is 17.0 Å². The molecule has 0 radical (unpaired) electrons. The topological polar surface area (TPSA) is 97.1 Å². The largest absolute Gasteiger partial charge is 0.356 e. The summed E-state index contributed by atoms with van der Waals surface area (Å²) in [6, 6.07) is 10.1. The van der Waals surface area contributed by atoms with E-state index in [0.29, 0.717) is 0 Å². The lowest BCUT2D eigenvalue weighted by molar-refractivity contribution is -0.385. The Morgan fingerprint density at radius 3 is 2.37 bits per heavy atom. The van der Waals surface area contributed by atoms with Crippen molar-refractivity contribution >= 4 is 23.0 Å². The molecular weight excluding hydrogens is 440 g/mol. The van der Waals surface area contributed by atoms with Gasteiger partial charge in [0.2, 0.25) is 0 Å². The molecule has 3 aromatic rings. The predicted octanol–water partition coefficient (Wildman–Crippen LogP) is 5.86. The molecule has 0 saturated heterocycles. The van der Waals surface area contributed by atoms with Crippen LogP contribution in [0.1, 0.15) is 68.7 Å². The quantitative estimate of drug-likeness (QED) is 0.365. The van der Waals surface area contributed by atoms with Gasteiger partial charge >= 0.3 is 0 Å². The molecule has 0 spiro atoms. The van der Waals surface area contributed by atoms with Crippen molar-refractivity contribution in [3.8, 4) is 0 Å². The maximum atomic E-state index is 11.1. The number of pyridine rings is 1. The normalized spacial score (nSPS) is 14.0. The number of nitrogens with one attached hydrogen (secondary N) is 1. The van der Waals surface area contributed by atoms with Gasteiger partial charge in [-0.1, -0.05) is 46.8 Å². The Morgan fingerprint density at radius 1 is 1.09 bits per heavy atom. The lowest BCUT2D eigenvalue weighted by Crippen LogP contribution is -2.27. The van der Waals surface area contributed by atoms with Crippen LogP contribution in [0.3, 0.4) is 0 Å².